The lowest BCUT2D eigenvalue weighted by molar-refractivity contribution is -0.133. The maximum Gasteiger partial charge on any atom is 0.315 e. The van der Waals surface area contributed by atoms with Crippen molar-refractivity contribution in [1.82, 2.24) is 0 Å². The van der Waals surface area contributed by atoms with Gasteiger partial charge in [-0.1, -0.05) is 38.1 Å². The van der Waals surface area contributed by atoms with Crippen molar-refractivity contribution in [2.24, 2.45) is 0 Å². The van der Waals surface area contributed by atoms with E-state index in [2.05, 4.69) is 13.8 Å². The molecule has 0 N–H and O–H groups in total. The Morgan fingerprint density at radius 1 is 1.12 bits per heavy atom. The number of hydrogen-bond acceptors (Lipinski definition) is 4. The molecule has 0 fully saturated rings. The van der Waals surface area contributed by atoms with Gasteiger partial charge in [0.15, 0.2) is 11.5 Å². The molecule has 4 nitrogen and oxygen atoms in total. The van der Waals surface area contributed by atoms with E-state index in [1.54, 1.807) is 0 Å². The van der Waals surface area contributed by atoms with Crippen molar-refractivity contribution in [3.63, 3.8) is 0 Å². The summed E-state index contributed by atoms with van der Waals surface area (Å²) in [6.07, 6.45) is 1.20. The first-order chi connectivity index (χ1) is 11.7. The van der Waals surface area contributed by atoms with E-state index < -0.39 is 0 Å². The summed E-state index contributed by atoms with van der Waals surface area (Å²) in [4.78, 5) is 12.3. The Morgan fingerprint density at radius 2 is 1.88 bits per heavy atom. The van der Waals surface area contributed by atoms with Crippen molar-refractivity contribution < 1.29 is 19.0 Å². The Balaban J connectivity index is 1.70. The average Bonchev–Trinajstić information content (AvgIpc) is 2.61. The monoisotopic (exact) mass is 326 g/mol. The van der Waals surface area contributed by atoms with Gasteiger partial charge in [0, 0.05) is 0 Å². The summed E-state index contributed by atoms with van der Waals surface area (Å²) in [7, 11) is 0. The summed E-state index contributed by atoms with van der Waals surface area (Å²) < 4.78 is 16.6. The van der Waals surface area contributed by atoms with Crippen LogP contribution in [0.5, 0.6) is 17.2 Å². The largest absolute Gasteiger partial charge is 0.486 e. The normalized spacial score (nSPS) is 14.1. The zero-order valence-electron chi connectivity index (χ0n) is 14.1. The fraction of sp³-hybridized carbons (Fsp3) is 0.350. The van der Waals surface area contributed by atoms with Crippen LogP contribution in [0, 0.1) is 0 Å². The number of para-hydroxylation sites is 1. The summed E-state index contributed by atoms with van der Waals surface area (Å²) >= 11 is 0. The van der Waals surface area contributed by atoms with Crippen LogP contribution in [-0.4, -0.2) is 19.2 Å². The first-order valence-corrected chi connectivity index (χ1v) is 8.35. The smallest absolute Gasteiger partial charge is 0.315 e. The van der Waals surface area contributed by atoms with Gasteiger partial charge in [-0.05, 0) is 41.7 Å². The van der Waals surface area contributed by atoms with Crippen LogP contribution in [0.15, 0.2) is 42.5 Å². The molecule has 1 atom stereocenters. The van der Waals surface area contributed by atoms with Gasteiger partial charge in [0.25, 0.3) is 0 Å². The van der Waals surface area contributed by atoms with Crippen molar-refractivity contribution >= 4 is 5.97 Å². The molecule has 2 aromatic rings. The fourth-order valence-electron chi connectivity index (χ4n) is 2.72. The average molecular weight is 326 g/mol. The molecule has 0 saturated heterocycles. The van der Waals surface area contributed by atoms with Crippen LogP contribution in [0.25, 0.3) is 0 Å². The van der Waals surface area contributed by atoms with Crippen LogP contribution < -0.4 is 14.2 Å². The second-order valence-corrected chi connectivity index (χ2v) is 5.98. The van der Waals surface area contributed by atoms with Gasteiger partial charge >= 0.3 is 5.97 Å². The Kier molecular flexibility index (Phi) is 5.04. The molecule has 2 aromatic carbocycles. The molecule has 0 amide bonds. The minimum atomic E-state index is -0.276. The van der Waals surface area contributed by atoms with Crippen molar-refractivity contribution in [3.05, 3.63) is 53.6 Å². The molecule has 0 bridgehead atoms. The van der Waals surface area contributed by atoms with E-state index in [-0.39, 0.29) is 12.4 Å². The number of rotatable bonds is 5. The van der Waals surface area contributed by atoms with Gasteiger partial charge in [-0.2, -0.15) is 0 Å². The molecule has 0 radical (unpaired) electrons. The first-order valence-electron chi connectivity index (χ1n) is 8.35. The van der Waals surface area contributed by atoms with Crippen molar-refractivity contribution in [2.75, 3.05) is 13.2 Å². The van der Waals surface area contributed by atoms with E-state index in [1.807, 2.05) is 42.5 Å². The zero-order valence-corrected chi connectivity index (χ0v) is 14.1. The van der Waals surface area contributed by atoms with E-state index in [9.17, 15) is 4.79 Å². The molecule has 126 valence electrons. The molecular formula is C20H22O4. The van der Waals surface area contributed by atoms with Crippen LogP contribution in [0.1, 0.15) is 37.3 Å². The van der Waals surface area contributed by atoms with E-state index in [4.69, 9.17) is 14.2 Å². The standard InChI is InChI=1S/C20H22O4/c1-3-14(2)16-6-4-5-7-17(16)24-20(21)13-15-8-9-18-19(12-15)23-11-10-22-18/h4-9,12,14H,3,10-11,13H2,1-2H3. The quantitative estimate of drug-likeness (QED) is 0.612. The summed E-state index contributed by atoms with van der Waals surface area (Å²) in [5, 5.41) is 0. The van der Waals surface area contributed by atoms with Crippen LogP contribution in [0.3, 0.4) is 0 Å². The summed E-state index contributed by atoms with van der Waals surface area (Å²) in [6.45, 7) is 5.34. The number of fused-ring (bicyclic) bond motifs is 1. The number of ether oxygens (including phenoxy) is 3. The molecule has 3 rings (SSSR count). The fourth-order valence-corrected chi connectivity index (χ4v) is 2.72. The predicted molar refractivity (Wildman–Crippen MR) is 91.9 cm³/mol. The van der Waals surface area contributed by atoms with Crippen molar-refractivity contribution in [2.45, 2.75) is 32.6 Å². The highest BCUT2D eigenvalue weighted by Gasteiger charge is 2.16. The minimum Gasteiger partial charge on any atom is -0.486 e. The van der Waals surface area contributed by atoms with Gasteiger partial charge in [-0.25, -0.2) is 0 Å². The molecule has 0 aliphatic carbocycles. The minimum absolute atomic E-state index is 0.200. The number of carbonyl (C=O) groups excluding carboxylic acids is 1. The summed E-state index contributed by atoms with van der Waals surface area (Å²) in [5.41, 5.74) is 1.92. The van der Waals surface area contributed by atoms with E-state index in [0.29, 0.717) is 30.6 Å². The van der Waals surface area contributed by atoms with Crippen LogP contribution in [0.4, 0.5) is 0 Å². The van der Waals surface area contributed by atoms with Gasteiger partial charge in [0.1, 0.15) is 19.0 Å². The van der Waals surface area contributed by atoms with Crippen molar-refractivity contribution in [1.29, 1.82) is 0 Å². The van der Waals surface area contributed by atoms with Gasteiger partial charge in [0.05, 0.1) is 6.42 Å². The van der Waals surface area contributed by atoms with Crippen LogP contribution in [0.2, 0.25) is 0 Å². The third-order valence-corrected chi connectivity index (χ3v) is 4.24. The molecule has 0 saturated carbocycles. The summed E-state index contributed by atoms with van der Waals surface area (Å²) in [5.74, 6) is 2.13. The Hall–Kier alpha value is -2.49. The Morgan fingerprint density at radius 3 is 2.67 bits per heavy atom. The zero-order chi connectivity index (χ0) is 16.9. The molecule has 0 aromatic heterocycles. The number of hydrogen-bond donors (Lipinski definition) is 0. The first kappa shape index (κ1) is 16.4. The highest BCUT2D eigenvalue weighted by Crippen LogP contribution is 2.31. The van der Waals surface area contributed by atoms with Gasteiger partial charge in [-0.3, -0.25) is 4.79 Å². The van der Waals surface area contributed by atoms with E-state index >= 15 is 0 Å². The third kappa shape index (κ3) is 3.70. The van der Waals surface area contributed by atoms with E-state index in [1.165, 1.54) is 0 Å². The maximum absolute atomic E-state index is 12.3. The lowest BCUT2D eigenvalue weighted by atomic mass is 9.98. The second-order valence-electron chi connectivity index (χ2n) is 5.98. The molecular weight excluding hydrogens is 304 g/mol. The van der Waals surface area contributed by atoms with Gasteiger partial charge in [0.2, 0.25) is 0 Å². The number of benzene rings is 2. The van der Waals surface area contributed by atoms with Gasteiger partial charge in [-0.15, -0.1) is 0 Å². The highest BCUT2D eigenvalue weighted by molar-refractivity contribution is 5.76. The maximum atomic E-state index is 12.3. The van der Waals surface area contributed by atoms with Crippen LogP contribution >= 0.6 is 0 Å². The SMILES string of the molecule is CCC(C)c1ccccc1OC(=O)Cc1ccc2c(c1)OCCO2. The Labute approximate surface area is 142 Å². The van der Waals surface area contributed by atoms with Crippen LogP contribution in [-0.2, 0) is 11.2 Å². The third-order valence-electron chi connectivity index (χ3n) is 4.24. The number of esters is 1. The molecule has 1 heterocycles. The van der Waals surface area contributed by atoms with Crippen molar-refractivity contribution in [3.8, 4) is 17.2 Å². The second kappa shape index (κ2) is 7.39. The highest BCUT2D eigenvalue weighted by atomic mass is 16.6. The predicted octanol–water partition coefficient (Wildman–Crippen LogP) is 4.12. The van der Waals surface area contributed by atoms with Gasteiger partial charge < -0.3 is 14.2 Å². The number of carbonyl (C=O) groups is 1. The lowest BCUT2D eigenvalue weighted by Gasteiger charge is -2.19. The molecule has 1 aliphatic rings. The lowest BCUT2D eigenvalue weighted by Crippen LogP contribution is -2.16. The Bertz CT molecular complexity index is 723. The summed E-state index contributed by atoms with van der Waals surface area (Å²) in [6, 6.07) is 13.3. The molecule has 1 unspecified atom stereocenters. The molecule has 0 spiro atoms. The topological polar surface area (TPSA) is 44.8 Å². The molecule has 1 aliphatic heterocycles. The molecule has 24 heavy (non-hydrogen) atoms. The van der Waals surface area contributed by atoms with E-state index in [0.717, 1.165) is 23.3 Å². The molecule has 4 heteroatoms.